The Hall–Kier alpha value is -1.10. The van der Waals surface area contributed by atoms with Crippen molar-refractivity contribution in [3.63, 3.8) is 0 Å². The van der Waals surface area contributed by atoms with E-state index in [-0.39, 0.29) is 0 Å². The lowest BCUT2D eigenvalue weighted by molar-refractivity contribution is 0.209. The maximum atomic E-state index is 10.3. The molecular weight excluding hydrogens is 318 g/mol. The van der Waals surface area contributed by atoms with Crippen LogP contribution in [0.3, 0.4) is 0 Å². The van der Waals surface area contributed by atoms with E-state index >= 15 is 0 Å². The van der Waals surface area contributed by atoms with Gasteiger partial charge in [0.05, 0.1) is 12.1 Å². The maximum Gasteiger partial charge on any atom is 0.143 e. The molecule has 0 saturated heterocycles. The van der Waals surface area contributed by atoms with Crippen LogP contribution in [0, 0.1) is 0 Å². The van der Waals surface area contributed by atoms with E-state index in [1.807, 2.05) is 0 Å². The quantitative estimate of drug-likeness (QED) is 0.936. The minimum absolute atomic E-state index is 0.481. The number of nitrogens with zero attached hydrogens (tertiary/aromatic N) is 1. The average Bonchev–Trinajstić information content (AvgIpc) is 2.41. The molecule has 3 nitrogen and oxygen atoms in total. The van der Waals surface area contributed by atoms with Crippen LogP contribution in [-0.2, 0) is 0 Å². The highest BCUT2D eigenvalue weighted by Gasteiger charge is 2.17. The molecule has 0 aliphatic carbocycles. The Morgan fingerprint density at radius 2 is 2.17 bits per heavy atom. The van der Waals surface area contributed by atoms with Crippen molar-refractivity contribution in [1.82, 2.24) is 4.98 Å². The molecule has 0 amide bonds. The Morgan fingerprint density at radius 1 is 1.39 bits per heavy atom. The Balaban J connectivity index is 2.41. The smallest absolute Gasteiger partial charge is 0.143 e. The third kappa shape index (κ3) is 2.66. The number of methoxy groups -OCH3 is 1. The summed E-state index contributed by atoms with van der Waals surface area (Å²) in [6.07, 6.45) is 0.765. The summed E-state index contributed by atoms with van der Waals surface area (Å²) < 4.78 is 5.91. The summed E-state index contributed by atoms with van der Waals surface area (Å²) in [6.45, 7) is 0. The molecular formula is C13H11BrClNO2. The van der Waals surface area contributed by atoms with Crippen molar-refractivity contribution < 1.29 is 9.84 Å². The van der Waals surface area contributed by atoms with Gasteiger partial charge < -0.3 is 9.84 Å². The zero-order valence-electron chi connectivity index (χ0n) is 9.60. The number of hydrogen-bond donors (Lipinski definition) is 1. The number of ether oxygens (including phenoxy) is 1. The predicted octanol–water partition coefficient (Wildman–Crippen LogP) is 3.59. The van der Waals surface area contributed by atoms with Gasteiger partial charge in [-0.05, 0) is 45.8 Å². The van der Waals surface area contributed by atoms with Crippen molar-refractivity contribution in [1.29, 1.82) is 0 Å². The number of hydrogen-bond acceptors (Lipinski definition) is 3. The van der Waals surface area contributed by atoms with Crippen molar-refractivity contribution >= 4 is 27.5 Å². The molecule has 1 heterocycles. The first-order valence-electron chi connectivity index (χ1n) is 5.25. The summed E-state index contributed by atoms with van der Waals surface area (Å²) in [5.41, 5.74) is 1.18. The molecule has 0 aliphatic rings. The van der Waals surface area contributed by atoms with Crippen LogP contribution in [0.5, 0.6) is 5.75 Å². The molecule has 1 aromatic carbocycles. The number of benzene rings is 1. The zero-order chi connectivity index (χ0) is 13.1. The molecule has 0 saturated carbocycles. The lowest BCUT2D eigenvalue weighted by Gasteiger charge is -2.14. The topological polar surface area (TPSA) is 42.4 Å². The Bertz CT molecular complexity index is 562. The van der Waals surface area contributed by atoms with Gasteiger partial charge in [0.25, 0.3) is 0 Å². The van der Waals surface area contributed by atoms with Gasteiger partial charge in [-0.1, -0.05) is 17.7 Å². The standard InChI is InChI=1S/C13H11BrClNO2/c1-18-11-3-2-6-16-12(11)13(17)8-4-5-10(15)9(14)7-8/h2-7,13,17H,1H3. The van der Waals surface area contributed by atoms with Gasteiger partial charge in [0.2, 0.25) is 0 Å². The molecule has 0 fully saturated rings. The summed E-state index contributed by atoms with van der Waals surface area (Å²) in [4.78, 5) is 4.15. The minimum atomic E-state index is -0.852. The van der Waals surface area contributed by atoms with Crippen LogP contribution in [-0.4, -0.2) is 17.2 Å². The molecule has 2 aromatic rings. The van der Waals surface area contributed by atoms with Crippen LogP contribution < -0.4 is 4.74 Å². The highest BCUT2D eigenvalue weighted by Crippen LogP contribution is 2.31. The number of aromatic nitrogens is 1. The van der Waals surface area contributed by atoms with E-state index in [9.17, 15) is 5.11 Å². The van der Waals surface area contributed by atoms with E-state index in [2.05, 4.69) is 20.9 Å². The van der Waals surface area contributed by atoms with Gasteiger partial charge in [-0.2, -0.15) is 0 Å². The third-order valence-corrected chi connectivity index (χ3v) is 3.75. The van der Waals surface area contributed by atoms with Gasteiger partial charge in [0, 0.05) is 10.7 Å². The fourth-order valence-electron chi connectivity index (χ4n) is 1.62. The molecule has 5 heteroatoms. The van der Waals surface area contributed by atoms with Crippen LogP contribution in [0.25, 0.3) is 0 Å². The molecule has 1 unspecified atom stereocenters. The van der Waals surface area contributed by atoms with E-state index in [1.54, 1.807) is 43.6 Å². The van der Waals surface area contributed by atoms with Crippen molar-refractivity contribution in [3.8, 4) is 5.75 Å². The van der Waals surface area contributed by atoms with Gasteiger partial charge in [-0.25, -0.2) is 0 Å². The number of pyridine rings is 1. The minimum Gasteiger partial charge on any atom is -0.495 e. The van der Waals surface area contributed by atoms with Crippen molar-refractivity contribution in [2.45, 2.75) is 6.10 Å². The van der Waals surface area contributed by atoms with Gasteiger partial charge in [-0.3, -0.25) is 4.98 Å². The van der Waals surface area contributed by atoms with Crippen LogP contribution in [0.2, 0.25) is 5.02 Å². The normalized spacial score (nSPS) is 12.2. The second kappa shape index (κ2) is 5.69. The summed E-state index contributed by atoms with van der Waals surface area (Å²) >= 11 is 9.25. The number of halogens is 2. The van der Waals surface area contributed by atoms with Gasteiger partial charge in [0.15, 0.2) is 0 Å². The molecule has 0 spiro atoms. The van der Waals surface area contributed by atoms with Crippen molar-refractivity contribution in [2.75, 3.05) is 7.11 Å². The highest BCUT2D eigenvalue weighted by molar-refractivity contribution is 9.10. The predicted molar refractivity (Wildman–Crippen MR) is 74.0 cm³/mol. The Kier molecular flexibility index (Phi) is 4.22. The lowest BCUT2D eigenvalue weighted by atomic mass is 10.1. The fourth-order valence-corrected chi connectivity index (χ4v) is 2.14. The molecule has 1 N–H and O–H groups in total. The first kappa shape index (κ1) is 13.3. The van der Waals surface area contributed by atoms with E-state index in [1.165, 1.54) is 0 Å². The monoisotopic (exact) mass is 327 g/mol. The SMILES string of the molecule is COc1cccnc1C(O)c1ccc(Cl)c(Br)c1. The van der Waals surface area contributed by atoms with Crippen LogP contribution in [0.4, 0.5) is 0 Å². The van der Waals surface area contributed by atoms with Crippen LogP contribution >= 0.6 is 27.5 Å². The van der Waals surface area contributed by atoms with Gasteiger partial charge in [0.1, 0.15) is 17.5 Å². The lowest BCUT2D eigenvalue weighted by Crippen LogP contribution is -2.04. The molecule has 0 aliphatic heterocycles. The first-order valence-corrected chi connectivity index (χ1v) is 6.42. The zero-order valence-corrected chi connectivity index (χ0v) is 11.9. The summed E-state index contributed by atoms with van der Waals surface area (Å²) in [5.74, 6) is 0.552. The van der Waals surface area contributed by atoms with Crippen LogP contribution in [0.15, 0.2) is 41.0 Å². The molecule has 1 atom stereocenters. The molecule has 2 rings (SSSR count). The van der Waals surface area contributed by atoms with E-state index in [0.29, 0.717) is 22.0 Å². The molecule has 94 valence electrons. The van der Waals surface area contributed by atoms with Crippen molar-refractivity contribution in [3.05, 3.63) is 57.3 Å². The molecule has 18 heavy (non-hydrogen) atoms. The third-order valence-electron chi connectivity index (χ3n) is 2.54. The fraction of sp³-hybridized carbons (Fsp3) is 0.154. The Labute approximate surface area is 119 Å². The molecule has 0 radical (unpaired) electrons. The van der Waals surface area contributed by atoms with Gasteiger partial charge in [-0.15, -0.1) is 0 Å². The average molecular weight is 329 g/mol. The van der Waals surface area contributed by atoms with E-state index in [0.717, 1.165) is 4.47 Å². The van der Waals surface area contributed by atoms with Crippen molar-refractivity contribution in [2.24, 2.45) is 0 Å². The summed E-state index contributed by atoms with van der Waals surface area (Å²) in [7, 11) is 1.55. The number of aliphatic hydroxyl groups excluding tert-OH is 1. The first-order chi connectivity index (χ1) is 8.63. The summed E-state index contributed by atoms with van der Waals surface area (Å²) in [6, 6.07) is 8.76. The van der Waals surface area contributed by atoms with Crippen LogP contribution in [0.1, 0.15) is 17.4 Å². The number of rotatable bonds is 3. The van der Waals surface area contributed by atoms with E-state index < -0.39 is 6.10 Å². The van der Waals surface area contributed by atoms with E-state index in [4.69, 9.17) is 16.3 Å². The highest BCUT2D eigenvalue weighted by atomic mass is 79.9. The molecule has 1 aromatic heterocycles. The second-order valence-electron chi connectivity index (χ2n) is 3.67. The summed E-state index contributed by atoms with van der Waals surface area (Å²) in [5, 5.41) is 10.9. The second-order valence-corrected chi connectivity index (χ2v) is 4.93. The number of aliphatic hydroxyl groups is 1. The largest absolute Gasteiger partial charge is 0.495 e. The Morgan fingerprint density at radius 3 is 2.83 bits per heavy atom. The van der Waals surface area contributed by atoms with Gasteiger partial charge >= 0.3 is 0 Å². The maximum absolute atomic E-state index is 10.3. The molecule has 0 bridgehead atoms.